The van der Waals surface area contributed by atoms with Crippen LogP contribution in [0.5, 0.6) is 0 Å². The van der Waals surface area contributed by atoms with E-state index < -0.39 is 41.2 Å². The van der Waals surface area contributed by atoms with Crippen LogP contribution in [0.3, 0.4) is 0 Å². The number of likely N-dealkylation sites (tertiary alicyclic amines) is 1. The molecule has 3 heterocycles. The van der Waals surface area contributed by atoms with E-state index in [1.165, 1.54) is 0 Å². The number of carbonyl (C=O) groups is 3. The number of imide groups is 1. The Balaban J connectivity index is 1.44. The SMILES string of the molecule is N#Cc1ccccc1C1NC(Cc2c[nH]c3ccccc23)(C(=O)O)C2C(=O)N(C/C=C\c3ccccc3)C(=O)C12. The van der Waals surface area contributed by atoms with Crippen molar-refractivity contribution in [2.24, 2.45) is 11.8 Å². The Morgan fingerprint density at radius 2 is 1.73 bits per heavy atom. The van der Waals surface area contributed by atoms with Crippen molar-refractivity contribution >= 4 is 34.8 Å². The van der Waals surface area contributed by atoms with Crippen LogP contribution in [-0.2, 0) is 20.8 Å². The summed E-state index contributed by atoms with van der Waals surface area (Å²) in [5.74, 6) is -4.33. The number of nitrogens with zero attached hydrogens (tertiary/aromatic N) is 2. The number of carboxylic acid groups (broad SMARTS) is 1. The van der Waals surface area contributed by atoms with Gasteiger partial charge in [-0.1, -0.05) is 78.9 Å². The Hall–Kier alpha value is -5.00. The minimum atomic E-state index is -1.77. The van der Waals surface area contributed by atoms with Gasteiger partial charge in [0.2, 0.25) is 11.8 Å². The van der Waals surface area contributed by atoms with Crippen LogP contribution in [0.4, 0.5) is 0 Å². The van der Waals surface area contributed by atoms with E-state index in [2.05, 4.69) is 16.4 Å². The zero-order chi connectivity index (χ0) is 27.9. The lowest BCUT2D eigenvalue weighted by Crippen LogP contribution is -2.57. The molecule has 198 valence electrons. The highest BCUT2D eigenvalue weighted by atomic mass is 16.4. The Kier molecular flexibility index (Phi) is 6.29. The molecule has 2 aliphatic heterocycles. The predicted molar refractivity (Wildman–Crippen MR) is 149 cm³/mol. The van der Waals surface area contributed by atoms with E-state index in [0.29, 0.717) is 11.1 Å². The normalized spacial score (nSPS) is 24.1. The third kappa shape index (κ3) is 3.99. The van der Waals surface area contributed by atoms with Gasteiger partial charge in [-0.15, -0.1) is 0 Å². The van der Waals surface area contributed by atoms with Crippen LogP contribution < -0.4 is 5.32 Å². The summed E-state index contributed by atoms with van der Waals surface area (Å²) < 4.78 is 0. The van der Waals surface area contributed by atoms with Gasteiger partial charge in [-0.25, -0.2) is 0 Å². The highest BCUT2D eigenvalue weighted by Crippen LogP contribution is 2.50. The molecule has 0 saturated carbocycles. The zero-order valence-electron chi connectivity index (χ0n) is 21.5. The first kappa shape index (κ1) is 25.3. The first-order valence-electron chi connectivity index (χ1n) is 13.1. The lowest BCUT2D eigenvalue weighted by atomic mass is 9.76. The number of hydrogen-bond donors (Lipinski definition) is 3. The predicted octanol–water partition coefficient (Wildman–Crippen LogP) is 4.06. The monoisotopic (exact) mass is 530 g/mol. The van der Waals surface area contributed by atoms with Gasteiger partial charge in [0.25, 0.3) is 0 Å². The molecule has 2 fully saturated rings. The molecular weight excluding hydrogens is 504 g/mol. The second-order valence-corrected chi connectivity index (χ2v) is 10.2. The highest BCUT2D eigenvalue weighted by Gasteiger charge is 2.68. The molecule has 1 aromatic heterocycles. The maximum atomic E-state index is 14.0. The first-order valence-corrected chi connectivity index (χ1v) is 13.1. The van der Waals surface area contributed by atoms with E-state index in [-0.39, 0.29) is 13.0 Å². The van der Waals surface area contributed by atoms with Gasteiger partial charge in [-0.3, -0.25) is 24.6 Å². The van der Waals surface area contributed by atoms with E-state index in [0.717, 1.165) is 26.9 Å². The molecule has 0 radical (unpaired) electrons. The average molecular weight is 531 g/mol. The number of hydrogen-bond acceptors (Lipinski definition) is 5. The third-order valence-corrected chi connectivity index (χ3v) is 8.09. The second kappa shape index (κ2) is 9.95. The Labute approximate surface area is 230 Å². The number of H-pyrrole nitrogens is 1. The van der Waals surface area contributed by atoms with E-state index in [4.69, 9.17) is 0 Å². The number of aromatic nitrogens is 1. The maximum Gasteiger partial charge on any atom is 0.325 e. The molecule has 4 aromatic rings. The second-order valence-electron chi connectivity index (χ2n) is 10.2. The molecule has 3 aromatic carbocycles. The van der Waals surface area contributed by atoms with Gasteiger partial charge < -0.3 is 10.1 Å². The fourth-order valence-corrected chi connectivity index (χ4v) is 6.25. The van der Waals surface area contributed by atoms with Gasteiger partial charge >= 0.3 is 5.97 Å². The quantitative estimate of drug-likeness (QED) is 0.309. The summed E-state index contributed by atoms with van der Waals surface area (Å²) in [6.45, 7) is 0.0228. The number of benzene rings is 3. The number of rotatable bonds is 7. The highest BCUT2D eigenvalue weighted by molar-refractivity contribution is 6.10. The summed E-state index contributed by atoms with van der Waals surface area (Å²) >= 11 is 0. The van der Waals surface area contributed by atoms with Crippen LogP contribution in [0.25, 0.3) is 17.0 Å². The molecule has 3 N–H and O–H groups in total. The van der Waals surface area contributed by atoms with Gasteiger partial charge in [0, 0.05) is 36.1 Å². The number of amides is 2. The number of carbonyl (C=O) groups excluding carboxylic acids is 2. The number of aromatic amines is 1. The minimum absolute atomic E-state index is 0.0224. The summed E-state index contributed by atoms with van der Waals surface area (Å²) in [5, 5.41) is 24.6. The van der Waals surface area contributed by atoms with Crippen LogP contribution in [0, 0.1) is 23.2 Å². The molecule has 4 unspecified atom stereocenters. The molecule has 2 amide bonds. The summed E-state index contributed by atoms with van der Waals surface area (Å²) in [4.78, 5) is 45.4. The lowest BCUT2D eigenvalue weighted by Gasteiger charge is -2.31. The molecule has 0 bridgehead atoms. The number of para-hydroxylation sites is 1. The fraction of sp³-hybridized carbons (Fsp3) is 0.188. The van der Waals surface area contributed by atoms with E-state index in [9.17, 15) is 24.8 Å². The van der Waals surface area contributed by atoms with E-state index in [1.807, 2.05) is 60.7 Å². The Bertz CT molecular complexity index is 1700. The molecule has 8 nitrogen and oxygen atoms in total. The van der Waals surface area contributed by atoms with Crippen molar-refractivity contribution < 1.29 is 19.5 Å². The fourth-order valence-electron chi connectivity index (χ4n) is 6.25. The largest absolute Gasteiger partial charge is 0.480 e. The van der Waals surface area contributed by atoms with Gasteiger partial charge in [-0.2, -0.15) is 5.26 Å². The average Bonchev–Trinajstić information content (AvgIpc) is 3.62. The lowest BCUT2D eigenvalue weighted by molar-refractivity contribution is -0.151. The molecule has 0 aliphatic carbocycles. The van der Waals surface area contributed by atoms with Crippen molar-refractivity contribution in [1.82, 2.24) is 15.2 Å². The van der Waals surface area contributed by atoms with E-state index >= 15 is 0 Å². The van der Waals surface area contributed by atoms with Crippen LogP contribution in [0.1, 0.15) is 28.3 Å². The molecule has 4 atom stereocenters. The van der Waals surface area contributed by atoms with Crippen molar-refractivity contribution in [3.8, 4) is 6.07 Å². The standard InChI is InChI=1S/C32H26N4O4/c33-18-21-12-4-5-14-24(21)28-26-27(30(38)36(29(26)37)16-8-11-20-9-2-1-3-10-20)32(35-28,31(39)40)17-22-19-34-25-15-7-6-13-23(22)25/h1-15,19,26-28,34-35H,16-17H2,(H,39,40)/b11-8-. The zero-order valence-corrected chi connectivity index (χ0v) is 21.5. The summed E-state index contributed by atoms with van der Waals surface area (Å²) in [5.41, 5.74) is 1.55. The smallest absolute Gasteiger partial charge is 0.325 e. The Morgan fingerprint density at radius 1 is 1.00 bits per heavy atom. The molecule has 0 spiro atoms. The Morgan fingerprint density at radius 3 is 2.50 bits per heavy atom. The van der Waals surface area contributed by atoms with Crippen molar-refractivity contribution in [3.05, 3.63) is 113 Å². The van der Waals surface area contributed by atoms with Gasteiger partial charge in [-0.05, 0) is 28.8 Å². The number of fused-ring (bicyclic) bond motifs is 2. The molecule has 2 aliphatic rings. The van der Waals surface area contributed by atoms with Crippen LogP contribution in [0.15, 0.2) is 91.1 Å². The number of nitriles is 1. The summed E-state index contributed by atoms with van der Waals surface area (Å²) in [6.07, 6.45) is 5.29. The van der Waals surface area contributed by atoms with E-state index in [1.54, 1.807) is 36.5 Å². The number of aliphatic carboxylic acids is 1. The van der Waals surface area contributed by atoms with Crippen LogP contribution in [0.2, 0.25) is 0 Å². The maximum absolute atomic E-state index is 14.0. The topological polar surface area (TPSA) is 126 Å². The molecule has 40 heavy (non-hydrogen) atoms. The summed E-state index contributed by atoms with van der Waals surface area (Å²) in [6, 6.07) is 25.2. The minimum Gasteiger partial charge on any atom is -0.480 e. The number of carboxylic acids is 1. The summed E-state index contributed by atoms with van der Waals surface area (Å²) in [7, 11) is 0. The third-order valence-electron chi connectivity index (χ3n) is 8.09. The van der Waals surface area contributed by atoms with Crippen molar-refractivity contribution in [3.63, 3.8) is 0 Å². The molecule has 8 heteroatoms. The molecule has 6 rings (SSSR count). The molecular formula is C32H26N4O4. The van der Waals surface area contributed by atoms with Crippen LogP contribution >= 0.6 is 0 Å². The van der Waals surface area contributed by atoms with Gasteiger partial charge in [0.1, 0.15) is 5.54 Å². The van der Waals surface area contributed by atoms with Gasteiger partial charge in [0.15, 0.2) is 0 Å². The number of nitrogens with one attached hydrogen (secondary N) is 2. The van der Waals surface area contributed by atoms with Crippen molar-refractivity contribution in [2.45, 2.75) is 18.0 Å². The van der Waals surface area contributed by atoms with Crippen molar-refractivity contribution in [1.29, 1.82) is 5.26 Å². The molecule has 2 saturated heterocycles. The first-order chi connectivity index (χ1) is 19.4. The van der Waals surface area contributed by atoms with Gasteiger partial charge in [0.05, 0.1) is 23.5 Å². The van der Waals surface area contributed by atoms with Crippen LogP contribution in [-0.4, -0.2) is 44.9 Å². The van der Waals surface area contributed by atoms with Crippen molar-refractivity contribution in [2.75, 3.05) is 6.54 Å².